The van der Waals surface area contributed by atoms with Gasteiger partial charge in [0, 0.05) is 5.56 Å². The molecule has 6 heteroatoms. The zero-order valence-electron chi connectivity index (χ0n) is 13.9. The van der Waals surface area contributed by atoms with Gasteiger partial charge < -0.3 is 4.74 Å². The van der Waals surface area contributed by atoms with Crippen molar-refractivity contribution in [1.29, 1.82) is 5.26 Å². The number of hydrogen-bond donors (Lipinski definition) is 0. The van der Waals surface area contributed by atoms with Crippen LogP contribution in [0.25, 0.3) is 0 Å². The summed E-state index contributed by atoms with van der Waals surface area (Å²) in [5, 5.41) is 8.87. The molecule has 134 valence electrons. The quantitative estimate of drug-likeness (QED) is 0.439. The Labute approximate surface area is 154 Å². The van der Waals surface area contributed by atoms with Crippen molar-refractivity contribution < 1.29 is 17.9 Å². The summed E-state index contributed by atoms with van der Waals surface area (Å²) in [6.45, 7) is 0. The fourth-order valence-corrected chi connectivity index (χ4v) is 2.31. The van der Waals surface area contributed by atoms with Gasteiger partial charge >= 0.3 is 6.18 Å². The molecule has 0 unspecified atom stereocenters. The molecule has 3 aromatic carbocycles. The maximum atomic E-state index is 12.9. The lowest BCUT2D eigenvalue weighted by atomic mass is 10.2. The monoisotopic (exact) mass is 366 g/mol. The lowest BCUT2D eigenvalue weighted by Crippen LogP contribution is -2.10. The van der Waals surface area contributed by atoms with E-state index < -0.39 is 11.7 Å². The maximum absolute atomic E-state index is 12.9. The van der Waals surface area contributed by atoms with Gasteiger partial charge in [-0.2, -0.15) is 18.4 Å². The maximum Gasteiger partial charge on any atom is 0.416 e. The fraction of sp³-hybridized carbons (Fsp3) is 0.0476. The largest absolute Gasteiger partial charge is 0.438 e. The van der Waals surface area contributed by atoms with E-state index in [9.17, 15) is 13.2 Å². The van der Waals surface area contributed by atoms with Gasteiger partial charge in [0.15, 0.2) is 0 Å². The molecule has 0 saturated heterocycles. The minimum atomic E-state index is -4.45. The van der Waals surface area contributed by atoms with Crippen molar-refractivity contribution in [3.8, 4) is 11.8 Å². The van der Waals surface area contributed by atoms with Gasteiger partial charge in [0.2, 0.25) is 5.90 Å². The Kier molecular flexibility index (Phi) is 5.23. The first-order valence-corrected chi connectivity index (χ1v) is 7.95. The standard InChI is InChI=1S/C21H13F3N2O/c22-21(23,24)17-7-4-8-18(13-17)26-20(16-5-2-1-3-6-16)27-19-11-9-15(14-25)10-12-19/h1-13H. The van der Waals surface area contributed by atoms with Gasteiger partial charge in [0.25, 0.3) is 0 Å². The molecule has 0 radical (unpaired) electrons. The van der Waals surface area contributed by atoms with E-state index in [0.29, 0.717) is 16.9 Å². The topological polar surface area (TPSA) is 45.4 Å². The first-order valence-electron chi connectivity index (χ1n) is 7.95. The van der Waals surface area contributed by atoms with E-state index in [1.165, 1.54) is 12.1 Å². The van der Waals surface area contributed by atoms with Crippen LogP contribution in [0.3, 0.4) is 0 Å². The van der Waals surface area contributed by atoms with Crippen LogP contribution in [0, 0.1) is 11.3 Å². The summed E-state index contributed by atoms with van der Waals surface area (Å²) >= 11 is 0. The average Bonchev–Trinajstić information content (AvgIpc) is 2.68. The van der Waals surface area contributed by atoms with Gasteiger partial charge in [0.1, 0.15) is 5.75 Å². The van der Waals surface area contributed by atoms with E-state index in [1.54, 1.807) is 48.5 Å². The smallest absolute Gasteiger partial charge is 0.416 e. The summed E-state index contributed by atoms with van der Waals surface area (Å²) in [6.07, 6.45) is -4.45. The Morgan fingerprint density at radius 2 is 1.59 bits per heavy atom. The van der Waals surface area contributed by atoms with Crippen molar-refractivity contribution in [2.24, 2.45) is 4.99 Å². The van der Waals surface area contributed by atoms with Crippen molar-refractivity contribution >= 4 is 11.6 Å². The van der Waals surface area contributed by atoms with Crippen molar-refractivity contribution in [2.45, 2.75) is 6.18 Å². The Balaban J connectivity index is 2.00. The molecular weight excluding hydrogens is 353 g/mol. The van der Waals surface area contributed by atoms with Gasteiger partial charge in [-0.15, -0.1) is 0 Å². The molecule has 0 aliphatic heterocycles. The highest BCUT2D eigenvalue weighted by molar-refractivity contribution is 5.97. The molecule has 27 heavy (non-hydrogen) atoms. The number of benzene rings is 3. The lowest BCUT2D eigenvalue weighted by molar-refractivity contribution is -0.137. The minimum absolute atomic E-state index is 0.123. The number of ether oxygens (including phenoxy) is 1. The molecule has 3 aromatic rings. The van der Waals surface area contributed by atoms with E-state index in [2.05, 4.69) is 4.99 Å². The molecule has 0 aromatic heterocycles. The molecule has 0 fully saturated rings. The number of halogens is 3. The second-order valence-electron chi connectivity index (χ2n) is 5.57. The summed E-state index contributed by atoms with van der Waals surface area (Å²) in [7, 11) is 0. The van der Waals surface area contributed by atoms with E-state index in [-0.39, 0.29) is 11.6 Å². The predicted octanol–water partition coefficient (Wildman–Crippen LogP) is 5.73. The van der Waals surface area contributed by atoms with Crippen molar-refractivity contribution in [1.82, 2.24) is 0 Å². The van der Waals surface area contributed by atoms with E-state index >= 15 is 0 Å². The third kappa shape index (κ3) is 4.73. The third-order valence-electron chi connectivity index (χ3n) is 3.62. The number of rotatable bonds is 3. The molecule has 3 nitrogen and oxygen atoms in total. The number of nitrogens with zero attached hydrogens (tertiary/aromatic N) is 2. The first-order chi connectivity index (χ1) is 13.0. The second kappa shape index (κ2) is 7.75. The van der Waals surface area contributed by atoms with E-state index in [0.717, 1.165) is 12.1 Å². The normalized spacial score (nSPS) is 11.7. The summed E-state index contributed by atoms with van der Waals surface area (Å²) < 4.78 is 44.6. The van der Waals surface area contributed by atoms with Crippen LogP contribution in [0.15, 0.2) is 83.9 Å². The number of alkyl halides is 3. The molecule has 0 heterocycles. The Bertz CT molecular complexity index is 988. The van der Waals surface area contributed by atoms with Crippen LogP contribution in [0.2, 0.25) is 0 Å². The SMILES string of the molecule is N#Cc1ccc(OC(=Nc2cccc(C(F)(F)F)c2)c2ccccc2)cc1. The molecule has 0 aliphatic carbocycles. The highest BCUT2D eigenvalue weighted by atomic mass is 19.4. The van der Waals surface area contributed by atoms with Gasteiger partial charge in [0.05, 0.1) is 22.9 Å². The van der Waals surface area contributed by atoms with Gasteiger partial charge in [-0.1, -0.05) is 24.3 Å². The zero-order chi connectivity index (χ0) is 19.3. The Hall–Kier alpha value is -3.59. The van der Waals surface area contributed by atoms with Crippen LogP contribution in [0.1, 0.15) is 16.7 Å². The van der Waals surface area contributed by atoms with Crippen LogP contribution in [-0.2, 0) is 6.18 Å². The molecule has 0 bridgehead atoms. The molecular formula is C21H13F3N2O. The Morgan fingerprint density at radius 3 is 2.22 bits per heavy atom. The summed E-state index contributed by atoms with van der Waals surface area (Å²) in [6, 6.07) is 22.0. The average molecular weight is 366 g/mol. The summed E-state index contributed by atoms with van der Waals surface area (Å²) in [5.41, 5.74) is 0.421. The fourth-order valence-electron chi connectivity index (χ4n) is 2.31. The third-order valence-corrected chi connectivity index (χ3v) is 3.62. The van der Waals surface area contributed by atoms with Crippen molar-refractivity contribution in [2.75, 3.05) is 0 Å². The number of nitriles is 1. The molecule has 0 aliphatic rings. The van der Waals surface area contributed by atoms with Crippen LogP contribution in [-0.4, -0.2) is 5.90 Å². The predicted molar refractivity (Wildman–Crippen MR) is 95.9 cm³/mol. The number of aliphatic imine (C=N–C) groups is 1. The van der Waals surface area contributed by atoms with Crippen LogP contribution >= 0.6 is 0 Å². The van der Waals surface area contributed by atoms with Gasteiger partial charge in [-0.05, 0) is 54.6 Å². The molecule has 0 spiro atoms. The van der Waals surface area contributed by atoms with E-state index in [4.69, 9.17) is 10.00 Å². The molecule has 0 amide bonds. The molecule has 0 saturated carbocycles. The minimum Gasteiger partial charge on any atom is -0.438 e. The van der Waals surface area contributed by atoms with Crippen molar-refractivity contribution in [3.05, 3.63) is 95.6 Å². The van der Waals surface area contributed by atoms with Gasteiger partial charge in [-0.3, -0.25) is 0 Å². The molecule has 0 N–H and O–H groups in total. The zero-order valence-corrected chi connectivity index (χ0v) is 13.9. The summed E-state index contributed by atoms with van der Waals surface area (Å²) in [5.74, 6) is 0.572. The van der Waals surface area contributed by atoms with Crippen LogP contribution in [0.5, 0.6) is 5.75 Å². The second-order valence-corrected chi connectivity index (χ2v) is 5.57. The Morgan fingerprint density at radius 1 is 0.889 bits per heavy atom. The highest BCUT2D eigenvalue weighted by Gasteiger charge is 2.30. The van der Waals surface area contributed by atoms with Crippen LogP contribution < -0.4 is 4.74 Å². The molecule has 3 rings (SSSR count). The highest BCUT2D eigenvalue weighted by Crippen LogP contribution is 2.31. The molecule has 0 atom stereocenters. The van der Waals surface area contributed by atoms with Crippen LogP contribution in [0.4, 0.5) is 18.9 Å². The first kappa shape index (κ1) is 18.2. The summed E-state index contributed by atoms with van der Waals surface area (Å²) in [4.78, 5) is 4.27. The van der Waals surface area contributed by atoms with E-state index in [1.807, 2.05) is 12.1 Å². The lowest BCUT2D eigenvalue weighted by Gasteiger charge is -2.11. The number of hydrogen-bond acceptors (Lipinski definition) is 3. The van der Waals surface area contributed by atoms with Gasteiger partial charge in [-0.25, -0.2) is 4.99 Å². The van der Waals surface area contributed by atoms with Crippen molar-refractivity contribution in [3.63, 3.8) is 0 Å².